The lowest BCUT2D eigenvalue weighted by Crippen LogP contribution is -2.39. The Morgan fingerprint density at radius 3 is 2.28 bits per heavy atom. The van der Waals surface area contributed by atoms with E-state index in [1.807, 2.05) is 0 Å². The molecule has 0 unspecified atom stereocenters. The van der Waals surface area contributed by atoms with Gasteiger partial charge < -0.3 is 29.9 Å². The molecule has 2 aromatic carbocycles. The third-order valence-corrected chi connectivity index (χ3v) is 4.90. The molecule has 1 aliphatic rings. The van der Waals surface area contributed by atoms with Gasteiger partial charge in [0.1, 0.15) is 40.2 Å². The third-order valence-electron chi connectivity index (χ3n) is 4.90. The number of hydrogen-bond acceptors (Lipinski definition) is 7. The molecule has 0 amide bonds. The number of hydrogen-bond donors (Lipinski definition) is 4. The van der Waals surface area contributed by atoms with Gasteiger partial charge in [-0.15, -0.1) is 0 Å². The van der Waals surface area contributed by atoms with Gasteiger partial charge >= 0.3 is 11.9 Å². The Kier molecular flexibility index (Phi) is 4.92. The summed E-state index contributed by atoms with van der Waals surface area (Å²) in [6.07, 6.45) is -0.582. The van der Waals surface area contributed by atoms with Crippen molar-refractivity contribution < 1.29 is 39.5 Å². The number of carbonyl (C=O) groups is 2. The highest BCUT2D eigenvalue weighted by molar-refractivity contribution is 5.97. The number of aliphatic hydroxyl groups is 1. The molecule has 8 nitrogen and oxygen atoms in total. The van der Waals surface area contributed by atoms with E-state index in [2.05, 4.69) is 0 Å². The van der Waals surface area contributed by atoms with E-state index >= 15 is 0 Å². The van der Waals surface area contributed by atoms with Crippen molar-refractivity contribution in [2.75, 3.05) is 0 Å². The zero-order valence-electron chi connectivity index (χ0n) is 16.4. The Morgan fingerprint density at radius 1 is 1.10 bits per heavy atom. The van der Waals surface area contributed by atoms with Crippen LogP contribution in [0.15, 0.2) is 18.2 Å². The Hall–Kier alpha value is -3.26. The van der Waals surface area contributed by atoms with E-state index in [0.717, 1.165) is 6.07 Å². The Bertz CT molecular complexity index is 993. The normalized spacial score (nSPS) is 15.6. The minimum absolute atomic E-state index is 0.0547. The van der Waals surface area contributed by atoms with Crippen LogP contribution in [0.1, 0.15) is 51.3 Å². The SMILES string of the molecule is Cc1cc(O)cc(O)c1C(=O)Oc1cc(C)c(C(=O)O)c2c1C[C@H](C(C)(C)O)O2. The van der Waals surface area contributed by atoms with Crippen LogP contribution in [0.4, 0.5) is 0 Å². The van der Waals surface area contributed by atoms with Crippen molar-refractivity contribution in [1.29, 1.82) is 0 Å². The molecule has 0 spiro atoms. The lowest BCUT2D eigenvalue weighted by Gasteiger charge is -2.24. The highest BCUT2D eigenvalue weighted by Crippen LogP contribution is 2.43. The molecule has 0 saturated heterocycles. The second-order valence-corrected chi connectivity index (χ2v) is 7.69. The maximum absolute atomic E-state index is 12.7. The molecule has 0 bridgehead atoms. The van der Waals surface area contributed by atoms with Gasteiger partial charge in [-0.25, -0.2) is 9.59 Å². The van der Waals surface area contributed by atoms with Crippen molar-refractivity contribution in [1.82, 2.24) is 0 Å². The summed E-state index contributed by atoms with van der Waals surface area (Å²) in [5.74, 6) is -2.55. The van der Waals surface area contributed by atoms with E-state index in [1.165, 1.54) is 19.1 Å². The van der Waals surface area contributed by atoms with Crippen LogP contribution in [0.3, 0.4) is 0 Å². The first-order valence-electron chi connectivity index (χ1n) is 8.93. The molecule has 3 rings (SSSR count). The zero-order chi connectivity index (χ0) is 21.7. The predicted octanol–water partition coefficient (Wildman–Crippen LogP) is 2.71. The van der Waals surface area contributed by atoms with Gasteiger partial charge in [0, 0.05) is 18.1 Å². The lowest BCUT2D eigenvalue weighted by molar-refractivity contribution is -0.0233. The smallest absolute Gasteiger partial charge is 0.347 e. The molecule has 29 heavy (non-hydrogen) atoms. The molecule has 0 aliphatic carbocycles. The van der Waals surface area contributed by atoms with E-state index in [4.69, 9.17) is 9.47 Å². The van der Waals surface area contributed by atoms with E-state index in [9.17, 15) is 30.0 Å². The van der Waals surface area contributed by atoms with Crippen LogP contribution >= 0.6 is 0 Å². The molecule has 2 aromatic rings. The number of fused-ring (bicyclic) bond motifs is 1. The number of aromatic carboxylic acids is 1. The van der Waals surface area contributed by atoms with Crippen molar-refractivity contribution in [3.63, 3.8) is 0 Å². The van der Waals surface area contributed by atoms with E-state index in [0.29, 0.717) is 16.7 Å². The first-order valence-corrected chi connectivity index (χ1v) is 8.93. The van der Waals surface area contributed by atoms with Gasteiger partial charge in [-0.1, -0.05) is 0 Å². The molecular formula is C21H22O8. The molecular weight excluding hydrogens is 380 g/mol. The molecule has 1 atom stereocenters. The van der Waals surface area contributed by atoms with E-state index in [1.54, 1.807) is 20.8 Å². The van der Waals surface area contributed by atoms with Crippen molar-refractivity contribution >= 4 is 11.9 Å². The number of ether oxygens (including phenoxy) is 2. The van der Waals surface area contributed by atoms with Crippen LogP contribution in [-0.2, 0) is 6.42 Å². The minimum Gasteiger partial charge on any atom is -0.508 e. The molecule has 0 aromatic heterocycles. The molecule has 154 valence electrons. The molecule has 0 saturated carbocycles. The van der Waals surface area contributed by atoms with Crippen molar-refractivity contribution in [3.8, 4) is 23.0 Å². The molecule has 1 heterocycles. The van der Waals surface area contributed by atoms with Gasteiger partial charge in [-0.3, -0.25) is 0 Å². The summed E-state index contributed by atoms with van der Waals surface area (Å²) in [4.78, 5) is 24.4. The van der Waals surface area contributed by atoms with Gasteiger partial charge in [-0.05, 0) is 51.0 Å². The fourth-order valence-corrected chi connectivity index (χ4v) is 3.41. The van der Waals surface area contributed by atoms with E-state index in [-0.39, 0.29) is 34.8 Å². The summed E-state index contributed by atoms with van der Waals surface area (Å²) in [7, 11) is 0. The van der Waals surface area contributed by atoms with Gasteiger partial charge in [0.25, 0.3) is 0 Å². The Morgan fingerprint density at radius 2 is 1.72 bits per heavy atom. The number of aromatic hydroxyl groups is 2. The number of phenols is 2. The van der Waals surface area contributed by atoms with Crippen LogP contribution < -0.4 is 9.47 Å². The number of phenolic OH excluding ortho intramolecular Hbond substituents is 2. The predicted molar refractivity (Wildman–Crippen MR) is 102 cm³/mol. The molecule has 1 aliphatic heterocycles. The first-order chi connectivity index (χ1) is 13.4. The Labute approximate surface area is 166 Å². The minimum atomic E-state index is -1.25. The second-order valence-electron chi connectivity index (χ2n) is 7.69. The third kappa shape index (κ3) is 3.71. The number of rotatable bonds is 4. The average molecular weight is 402 g/mol. The van der Waals surface area contributed by atoms with Crippen LogP contribution in [0.25, 0.3) is 0 Å². The Balaban J connectivity index is 2.06. The molecule has 0 fully saturated rings. The van der Waals surface area contributed by atoms with Crippen molar-refractivity contribution in [3.05, 3.63) is 46.0 Å². The van der Waals surface area contributed by atoms with Gasteiger partial charge in [-0.2, -0.15) is 0 Å². The van der Waals surface area contributed by atoms with Gasteiger partial charge in [0.15, 0.2) is 0 Å². The maximum atomic E-state index is 12.7. The van der Waals surface area contributed by atoms with E-state index < -0.39 is 29.4 Å². The number of esters is 1. The zero-order valence-corrected chi connectivity index (χ0v) is 16.4. The van der Waals surface area contributed by atoms with Crippen LogP contribution in [0.5, 0.6) is 23.0 Å². The summed E-state index contributed by atoms with van der Waals surface area (Å²) in [6.45, 7) is 6.17. The van der Waals surface area contributed by atoms with Crippen LogP contribution in [-0.4, -0.2) is 44.1 Å². The monoisotopic (exact) mass is 402 g/mol. The molecule has 4 N–H and O–H groups in total. The highest BCUT2D eigenvalue weighted by Gasteiger charge is 2.40. The van der Waals surface area contributed by atoms with Crippen molar-refractivity contribution in [2.45, 2.75) is 45.8 Å². The summed E-state index contributed by atoms with van der Waals surface area (Å²) >= 11 is 0. The highest BCUT2D eigenvalue weighted by atomic mass is 16.5. The van der Waals surface area contributed by atoms with Gasteiger partial charge in [0.05, 0.1) is 5.60 Å². The standard InChI is InChI=1S/C21H22O8/c1-9-5-11(22)7-13(23)16(9)20(26)28-14-6-10(2)17(19(24)25)18-12(14)8-15(29-18)21(3,4)27/h5-7,15,22-23,27H,8H2,1-4H3,(H,24,25)/t15-/m1/s1. The number of carboxylic acid groups (broad SMARTS) is 1. The van der Waals surface area contributed by atoms with Gasteiger partial charge in [0.2, 0.25) is 0 Å². The topological polar surface area (TPSA) is 134 Å². The summed E-state index contributed by atoms with van der Waals surface area (Å²) in [5.41, 5.74) is -0.444. The number of benzene rings is 2. The summed E-state index contributed by atoms with van der Waals surface area (Å²) in [5, 5.41) is 39.4. The lowest BCUT2D eigenvalue weighted by atomic mass is 9.95. The molecule has 8 heteroatoms. The fraction of sp³-hybridized carbons (Fsp3) is 0.333. The second kappa shape index (κ2) is 6.97. The summed E-state index contributed by atoms with van der Waals surface area (Å²) in [6, 6.07) is 3.76. The summed E-state index contributed by atoms with van der Waals surface area (Å²) < 4.78 is 11.2. The van der Waals surface area contributed by atoms with Crippen molar-refractivity contribution in [2.24, 2.45) is 0 Å². The largest absolute Gasteiger partial charge is 0.508 e. The first kappa shape index (κ1) is 20.5. The number of aryl methyl sites for hydroxylation is 2. The molecule has 0 radical (unpaired) electrons. The average Bonchev–Trinajstić information content (AvgIpc) is 2.98. The van der Waals surface area contributed by atoms with Crippen LogP contribution in [0, 0.1) is 13.8 Å². The van der Waals surface area contributed by atoms with Crippen LogP contribution in [0.2, 0.25) is 0 Å². The number of carboxylic acids is 1. The fourth-order valence-electron chi connectivity index (χ4n) is 3.41. The quantitative estimate of drug-likeness (QED) is 0.453. The number of carbonyl (C=O) groups excluding carboxylic acids is 1. The maximum Gasteiger partial charge on any atom is 0.347 e.